The van der Waals surface area contributed by atoms with Crippen molar-refractivity contribution < 1.29 is 5.11 Å². The van der Waals surface area contributed by atoms with Crippen molar-refractivity contribution in [3.8, 4) is 0 Å². The van der Waals surface area contributed by atoms with Crippen molar-refractivity contribution in [3.63, 3.8) is 0 Å². The molecule has 0 aromatic carbocycles. The molecule has 4 rings (SSSR count). The molecule has 1 heteroatoms. The molecule has 6 atom stereocenters. The maximum absolute atomic E-state index is 10.6. The Balaban J connectivity index is 2.02. The second-order valence-corrected chi connectivity index (χ2v) is 7.21. The van der Waals surface area contributed by atoms with Crippen LogP contribution in [0.4, 0.5) is 0 Å². The van der Waals surface area contributed by atoms with E-state index < -0.39 is 0 Å². The summed E-state index contributed by atoms with van der Waals surface area (Å²) in [5.41, 5.74) is 0.451. The Labute approximate surface area is 98.9 Å². The fourth-order valence-corrected chi connectivity index (χ4v) is 5.03. The third kappa shape index (κ3) is 1.06. The lowest BCUT2D eigenvalue weighted by Gasteiger charge is -2.60. The summed E-state index contributed by atoms with van der Waals surface area (Å²) in [4.78, 5) is 0. The van der Waals surface area contributed by atoms with Crippen LogP contribution in [-0.2, 0) is 0 Å². The molecular formula is C15H24O. The van der Waals surface area contributed by atoms with Gasteiger partial charge >= 0.3 is 0 Å². The van der Waals surface area contributed by atoms with Crippen LogP contribution in [0.5, 0.6) is 0 Å². The molecule has 1 N–H and O–H groups in total. The summed E-state index contributed by atoms with van der Waals surface area (Å²) >= 11 is 0. The number of aliphatic hydroxyl groups is 1. The smallest absolute Gasteiger partial charge is 0.0662 e. The highest BCUT2D eigenvalue weighted by Crippen LogP contribution is 2.67. The molecule has 4 aliphatic carbocycles. The van der Waals surface area contributed by atoms with Crippen LogP contribution in [-0.4, -0.2) is 11.2 Å². The van der Waals surface area contributed by atoms with Gasteiger partial charge in [0.05, 0.1) is 6.10 Å². The van der Waals surface area contributed by atoms with Gasteiger partial charge < -0.3 is 5.11 Å². The minimum atomic E-state index is -0.106. The predicted octanol–water partition coefficient (Wildman–Crippen LogP) is 3.24. The Morgan fingerprint density at radius 1 is 1.25 bits per heavy atom. The average Bonchev–Trinajstić information content (AvgIpc) is 2.44. The zero-order valence-corrected chi connectivity index (χ0v) is 10.9. The lowest BCUT2D eigenvalue weighted by molar-refractivity contribution is -0.161. The third-order valence-electron chi connectivity index (χ3n) is 6.00. The highest BCUT2D eigenvalue weighted by Gasteiger charge is 2.64. The average molecular weight is 220 g/mol. The van der Waals surface area contributed by atoms with E-state index >= 15 is 0 Å². The van der Waals surface area contributed by atoms with E-state index in [1.165, 1.54) is 12.8 Å². The van der Waals surface area contributed by atoms with E-state index in [2.05, 4.69) is 39.8 Å². The van der Waals surface area contributed by atoms with E-state index in [1.54, 1.807) is 0 Å². The van der Waals surface area contributed by atoms with Crippen molar-refractivity contribution in [3.05, 3.63) is 12.2 Å². The maximum atomic E-state index is 10.6. The minimum absolute atomic E-state index is 0.0725. The van der Waals surface area contributed by atoms with Gasteiger partial charge in [0.25, 0.3) is 0 Å². The van der Waals surface area contributed by atoms with Gasteiger partial charge in [-0.2, -0.15) is 0 Å². The van der Waals surface area contributed by atoms with Gasteiger partial charge in [-0.15, -0.1) is 0 Å². The molecule has 3 saturated carbocycles. The van der Waals surface area contributed by atoms with Crippen LogP contribution in [0.15, 0.2) is 12.2 Å². The van der Waals surface area contributed by atoms with Crippen LogP contribution in [0.3, 0.4) is 0 Å². The highest BCUT2D eigenvalue weighted by molar-refractivity contribution is 5.28. The summed E-state index contributed by atoms with van der Waals surface area (Å²) < 4.78 is 0. The summed E-state index contributed by atoms with van der Waals surface area (Å²) in [5.74, 6) is 2.65. The topological polar surface area (TPSA) is 20.2 Å². The van der Waals surface area contributed by atoms with Gasteiger partial charge in [0, 0.05) is 5.41 Å². The molecule has 0 radical (unpaired) electrons. The molecule has 0 spiro atoms. The van der Waals surface area contributed by atoms with E-state index in [4.69, 9.17) is 0 Å². The van der Waals surface area contributed by atoms with Gasteiger partial charge in [0.1, 0.15) is 0 Å². The molecule has 0 amide bonds. The molecule has 4 aliphatic rings. The quantitative estimate of drug-likeness (QED) is 0.673. The Morgan fingerprint density at radius 3 is 2.56 bits per heavy atom. The number of hydrogen-bond acceptors (Lipinski definition) is 1. The SMILES string of the molecule is CC(C)[C@@H]1C[C@H]2[C@]3(C)C=C[C@@]2(C)C[C@H]1[C@@H]3O. The molecule has 4 bridgehead atoms. The van der Waals surface area contributed by atoms with Crippen molar-refractivity contribution in [2.45, 2.75) is 46.6 Å². The summed E-state index contributed by atoms with van der Waals surface area (Å²) in [6, 6.07) is 0. The molecule has 0 heterocycles. The van der Waals surface area contributed by atoms with E-state index in [0.29, 0.717) is 23.2 Å². The number of fused-ring (bicyclic) bond motifs is 1. The van der Waals surface area contributed by atoms with E-state index in [-0.39, 0.29) is 11.5 Å². The number of hydrogen-bond donors (Lipinski definition) is 1. The van der Waals surface area contributed by atoms with Crippen molar-refractivity contribution in [2.24, 2.45) is 34.5 Å². The molecule has 3 fully saturated rings. The predicted molar refractivity (Wildman–Crippen MR) is 65.9 cm³/mol. The van der Waals surface area contributed by atoms with Gasteiger partial charge in [-0.05, 0) is 41.9 Å². The lowest BCUT2D eigenvalue weighted by Crippen LogP contribution is -2.58. The Morgan fingerprint density at radius 2 is 1.94 bits per heavy atom. The maximum Gasteiger partial charge on any atom is 0.0662 e. The Bertz CT molecular complexity index is 345. The zero-order valence-electron chi connectivity index (χ0n) is 10.9. The number of allylic oxidation sites excluding steroid dienone is 1. The Kier molecular flexibility index (Phi) is 1.98. The van der Waals surface area contributed by atoms with Crippen LogP contribution in [0, 0.1) is 34.5 Å². The van der Waals surface area contributed by atoms with Crippen LogP contribution >= 0.6 is 0 Å². The summed E-state index contributed by atoms with van der Waals surface area (Å²) in [7, 11) is 0. The van der Waals surface area contributed by atoms with Crippen molar-refractivity contribution in [1.82, 2.24) is 0 Å². The molecule has 0 aromatic rings. The van der Waals surface area contributed by atoms with Gasteiger partial charge in [-0.25, -0.2) is 0 Å². The van der Waals surface area contributed by atoms with Crippen molar-refractivity contribution >= 4 is 0 Å². The van der Waals surface area contributed by atoms with Gasteiger partial charge in [-0.3, -0.25) is 0 Å². The second-order valence-electron chi connectivity index (χ2n) is 7.21. The van der Waals surface area contributed by atoms with E-state index in [1.807, 2.05) is 0 Å². The standard InChI is InChI=1S/C15H24O/c1-9(2)10-7-12-14(3)5-6-15(12,4)13(16)11(10)8-14/h5-6,9-13,16H,7-8H2,1-4H3/t10-,11+,12+,13-,14-,15-/m0/s1. The normalized spacial score (nSPS) is 58.6. The fourth-order valence-electron chi connectivity index (χ4n) is 5.03. The molecule has 1 nitrogen and oxygen atoms in total. The lowest BCUT2D eigenvalue weighted by atomic mass is 9.45. The third-order valence-corrected chi connectivity index (χ3v) is 6.00. The summed E-state index contributed by atoms with van der Waals surface area (Å²) in [6.07, 6.45) is 7.13. The van der Waals surface area contributed by atoms with Crippen molar-refractivity contribution in [1.29, 1.82) is 0 Å². The molecule has 0 unspecified atom stereocenters. The first-order valence-electron chi connectivity index (χ1n) is 6.77. The summed E-state index contributed by atoms with van der Waals surface area (Å²) in [5, 5.41) is 10.6. The van der Waals surface area contributed by atoms with E-state index in [9.17, 15) is 5.11 Å². The first kappa shape index (κ1) is 10.8. The molecule has 16 heavy (non-hydrogen) atoms. The molecular weight excluding hydrogens is 196 g/mol. The van der Waals surface area contributed by atoms with E-state index in [0.717, 1.165) is 5.92 Å². The number of aliphatic hydroxyl groups excluding tert-OH is 1. The van der Waals surface area contributed by atoms with Crippen LogP contribution in [0.25, 0.3) is 0 Å². The number of rotatable bonds is 1. The van der Waals surface area contributed by atoms with Crippen molar-refractivity contribution in [2.75, 3.05) is 0 Å². The van der Waals surface area contributed by atoms with Gasteiger partial charge in [-0.1, -0.05) is 39.8 Å². The van der Waals surface area contributed by atoms with Crippen LogP contribution in [0.1, 0.15) is 40.5 Å². The fraction of sp³-hybridized carbons (Fsp3) is 0.867. The molecule has 0 saturated heterocycles. The minimum Gasteiger partial charge on any atom is -0.392 e. The van der Waals surface area contributed by atoms with Crippen LogP contribution in [0.2, 0.25) is 0 Å². The largest absolute Gasteiger partial charge is 0.392 e. The first-order valence-corrected chi connectivity index (χ1v) is 6.77. The Hall–Kier alpha value is -0.300. The van der Waals surface area contributed by atoms with Crippen LogP contribution < -0.4 is 0 Å². The first-order chi connectivity index (χ1) is 7.38. The van der Waals surface area contributed by atoms with Gasteiger partial charge in [0.15, 0.2) is 0 Å². The molecule has 0 aliphatic heterocycles. The molecule has 90 valence electrons. The summed E-state index contributed by atoms with van der Waals surface area (Å²) in [6.45, 7) is 9.30. The molecule has 0 aromatic heterocycles. The zero-order chi connectivity index (χ0) is 11.7. The van der Waals surface area contributed by atoms with Gasteiger partial charge in [0.2, 0.25) is 0 Å². The monoisotopic (exact) mass is 220 g/mol. The highest BCUT2D eigenvalue weighted by atomic mass is 16.3. The second kappa shape index (κ2) is 2.93.